The van der Waals surface area contributed by atoms with Gasteiger partial charge < -0.3 is 16.2 Å². The summed E-state index contributed by atoms with van der Waals surface area (Å²) in [6, 6.07) is 0.313. The topological polar surface area (TPSA) is 58.3 Å². The van der Waals surface area contributed by atoms with Gasteiger partial charge in [-0.3, -0.25) is 0 Å². The number of nitrogens with two attached hydrogens (primary N) is 1. The van der Waals surface area contributed by atoms with Crippen LogP contribution < -0.4 is 11.1 Å². The monoisotopic (exact) mass is 188 g/mol. The lowest BCUT2D eigenvalue weighted by Gasteiger charge is -2.32. The highest BCUT2D eigenvalue weighted by Gasteiger charge is 2.22. The average molecular weight is 188 g/mol. The van der Waals surface area contributed by atoms with Crippen molar-refractivity contribution >= 4 is 0 Å². The Balaban J connectivity index is 3.94. The van der Waals surface area contributed by atoms with Crippen molar-refractivity contribution in [3.05, 3.63) is 0 Å². The van der Waals surface area contributed by atoms with Crippen LogP contribution in [0.5, 0.6) is 0 Å². The summed E-state index contributed by atoms with van der Waals surface area (Å²) in [5, 5.41) is 12.6. The van der Waals surface area contributed by atoms with Crippen molar-refractivity contribution < 1.29 is 5.11 Å². The summed E-state index contributed by atoms with van der Waals surface area (Å²) in [6.07, 6.45) is 1.53. The van der Waals surface area contributed by atoms with Crippen LogP contribution in [-0.2, 0) is 0 Å². The molecule has 0 spiro atoms. The highest BCUT2D eigenvalue weighted by molar-refractivity contribution is 4.85. The fourth-order valence-corrected chi connectivity index (χ4v) is 1.47. The molecule has 3 unspecified atom stereocenters. The Kier molecular flexibility index (Phi) is 5.53. The average Bonchev–Trinajstić information content (AvgIpc) is 2.02. The number of aliphatic hydroxyl groups is 1. The van der Waals surface area contributed by atoms with Gasteiger partial charge in [-0.05, 0) is 33.6 Å². The summed E-state index contributed by atoms with van der Waals surface area (Å²) in [5.74, 6) is 0. The lowest BCUT2D eigenvalue weighted by Crippen LogP contribution is -2.52. The van der Waals surface area contributed by atoms with Gasteiger partial charge in [-0.1, -0.05) is 6.92 Å². The molecule has 13 heavy (non-hydrogen) atoms. The molecule has 0 aliphatic rings. The van der Waals surface area contributed by atoms with E-state index < -0.39 is 0 Å². The molecule has 0 aliphatic carbocycles. The third kappa shape index (κ3) is 5.24. The Hall–Kier alpha value is -0.120. The van der Waals surface area contributed by atoms with Crippen molar-refractivity contribution in [3.63, 3.8) is 0 Å². The molecule has 0 amide bonds. The third-order valence-corrected chi connectivity index (χ3v) is 2.52. The Labute approximate surface area is 81.7 Å². The second kappa shape index (κ2) is 5.58. The van der Waals surface area contributed by atoms with Crippen molar-refractivity contribution in [2.75, 3.05) is 6.54 Å². The molecule has 0 aromatic rings. The number of hydrogen-bond acceptors (Lipinski definition) is 3. The van der Waals surface area contributed by atoms with Gasteiger partial charge in [0.1, 0.15) is 0 Å². The van der Waals surface area contributed by atoms with Crippen molar-refractivity contribution in [1.82, 2.24) is 5.32 Å². The molecular weight excluding hydrogens is 164 g/mol. The molecule has 4 N–H and O–H groups in total. The molecule has 0 fully saturated rings. The summed E-state index contributed by atoms with van der Waals surface area (Å²) in [5.41, 5.74) is 5.68. The summed E-state index contributed by atoms with van der Waals surface area (Å²) in [4.78, 5) is 0. The lowest BCUT2D eigenvalue weighted by molar-refractivity contribution is 0.160. The van der Waals surface area contributed by atoms with Crippen LogP contribution in [0.1, 0.15) is 40.5 Å². The molecule has 0 bridgehead atoms. The minimum absolute atomic E-state index is 0.00824. The predicted octanol–water partition coefficient (Wildman–Crippen LogP) is 0.863. The van der Waals surface area contributed by atoms with Gasteiger partial charge in [0.05, 0.1) is 6.10 Å². The fraction of sp³-hybridized carbons (Fsp3) is 1.00. The van der Waals surface area contributed by atoms with Gasteiger partial charge in [-0.25, -0.2) is 0 Å². The van der Waals surface area contributed by atoms with E-state index in [0.29, 0.717) is 12.6 Å². The summed E-state index contributed by atoms with van der Waals surface area (Å²) in [7, 11) is 0. The van der Waals surface area contributed by atoms with Crippen molar-refractivity contribution in [3.8, 4) is 0 Å². The predicted molar refractivity (Wildman–Crippen MR) is 56.6 cm³/mol. The van der Waals surface area contributed by atoms with Crippen LogP contribution in [0.2, 0.25) is 0 Å². The molecule has 0 rings (SSSR count). The second-order valence-electron chi connectivity index (χ2n) is 4.25. The first-order chi connectivity index (χ1) is 5.93. The van der Waals surface area contributed by atoms with Crippen LogP contribution >= 0.6 is 0 Å². The maximum atomic E-state index is 9.19. The summed E-state index contributed by atoms with van der Waals surface area (Å²) < 4.78 is 0. The van der Waals surface area contributed by atoms with Gasteiger partial charge in [0, 0.05) is 18.1 Å². The minimum Gasteiger partial charge on any atom is -0.393 e. The van der Waals surface area contributed by atoms with Crippen molar-refractivity contribution in [2.24, 2.45) is 5.73 Å². The maximum Gasteiger partial charge on any atom is 0.0526 e. The van der Waals surface area contributed by atoms with Gasteiger partial charge in [0.15, 0.2) is 0 Å². The number of hydrogen-bond donors (Lipinski definition) is 3. The quantitative estimate of drug-likeness (QED) is 0.579. The van der Waals surface area contributed by atoms with Crippen LogP contribution in [0.3, 0.4) is 0 Å². The number of aliphatic hydroxyl groups excluding tert-OH is 1. The van der Waals surface area contributed by atoms with E-state index in [-0.39, 0.29) is 11.6 Å². The van der Waals surface area contributed by atoms with Crippen molar-refractivity contribution in [1.29, 1.82) is 0 Å². The van der Waals surface area contributed by atoms with Gasteiger partial charge in [-0.2, -0.15) is 0 Å². The van der Waals surface area contributed by atoms with Gasteiger partial charge in [0.2, 0.25) is 0 Å². The van der Waals surface area contributed by atoms with E-state index in [1.807, 2.05) is 6.92 Å². The Morgan fingerprint density at radius 2 is 2.00 bits per heavy atom. The maximum absolute atomic E-state index is 9.19. The number of nitrogens with one attached hydrogen (secondary N) is 1. The Morgan fingerprint density at radius 1 is 1.46 bits per heavy atom. The molecule has 0 aliphatic heterocycles. The molecule has 80 valence electrons. The molecule has 0 saturated heterocycles. The molecule has 0 aromatic heterocycles. The molecular formula is C10H24N2O. The largest absolute Gasteiger partial charge is 0.393 e. The van der Waals surface area contributed by atoms with Crippen molar-refractivity contribution in [2.45, 2.75) is 58.2 Å². The molecule has 0 aromatic carbocycles. The lowest BCUT2D eigenvalue weighted by atomic mass is 9.97. The second-order valence-corrected chi connectivity index (χ2v) is 4.25. The van der Waals surface area contributed by atoms with Gasteiger partial charge >= 0.3 is 0 Å². The summed E-state index contributed by atoms with van der Waals surface area (Å²) in [6.45, 7) is 8.76. The first-order valence-corrected chi connectivity index (χ1v) is 5.09. The highest BCUT2D eigenvalue weighted by Crippen LogP contribution is 2.10. The van der Waals surface area contributed by atoms with Crippen LogP contribution in [0.4, 0.5) is 0 Å². The summed E-state index contributed by atoms with van der Waals surface area (Å²) >= 11 is 0. The van der Waals surface area contributed by atoms with E-state index in [4.69, 9.17) is 5.73 Å². The van der Waals surface area contributed by atoms with Crippen LogP contribution in [0, 0.1) is 0 Å². The van der Waals surface area contributed by atoms with Crippen LogP contribution in [0.25, 0.3) is 0 Å². The molecule has 0 heterocycles. The van der Waals surface area contributed by atoms with E-state index in [9.17, 15) is 5.11 Å². The standard InChI is InChI=1S/C10H24N2O/c1-5-10(4,7-11)12-8(2)6-9(3)13/h8-9,12-13H,5-7,11H2,1-4H3. The van der Waals surface area contributed by atoms with Crippen LogP contribution in [0.15, 0.2) is 0 Å². The minimum atomic E-state index is -0.249. The smallest absolute Gasteiger partial charge is 0.0526 e. The zero-order chi connectivity index (χ0) is 10.5. The fourth-order valence-electron chi connectivity index (χ4n) is 1.47. The van der Waals surface area contributed by atoms with E-state index in [2.05, 4.69) is 26.1 Å². The Morgan fingerprint density at radius 3 is 2.31 bits per heavy atom. The van der Waals surface area contributed by atoms with E-state index >= 15 is 0 Å². The Bertz CT molecular complexity index is 133. The zero-order valence-corrected chi connectivity index (χ0v) is 9.30. The van der Waals surface area contributed by atoms with Crippen LogP contribution in [-0.4, -0.2) is 29.3 Å². The molecule has 3 nitrogen and oxygen atoms in total. The molecule has 0 radical (unpaired) electrons. The van der Waals surface area contributed by atoms with E-state index in [0.717, 1.165) is 12.8 Å². The molecule has 3 heteroatoms. The third-order valence-electron chi connectivity index (χ3n) is 2.52. The first kappa shape index (κ1) is 12.9. The highest BCUT2D eigenvalue weighted by atomic mass is 16.3. The first-order valence-electron chi connectivity index (χ1n) is 5.09. The normalized spacial score (nSPS) is 20.8. The van der Waals surface area contributed by atoms with Gasteiger partial charge in [0.25, 0.3) is 0 Å². The zero-order valence-electron chi connectivity index (χ0n) is 9.30. The van der Waals surface area contributed by atoms with Gasteiger partial charge in [-0.15, -0.1) is 0 Å². The molecule has 0 saturated carbocycles. The van der Waals surface area contributed by atoms with E-state index in [1.165, 1.54) is 0 Å². The molecule has 3 atom stereocenters. The SMILES string of the molecule is CCC(C)(CN)NC(C)CC(C)O. The number of rotatable bonds is 6. The van der Waals surface area contributed by atoms with E-state index in [1.54, 1.807) is 0 Å².